The van der Waals surface area contributed by atoms with Crippen molar-refractivity contribution in [2.24, 2.45) is 0 Å². The maximum atomic E-state index is 12.5. The lowest BCUT2D eigenvalue weighted by molar-refractivity contribution is 0.0928. The second-order valence-corrected chi connectivity index (χ2v) is 8.45. The van der Waals surface area contributed by atoms with Crippen LogP contribution in [0.4, 0.5) is 0 Å². The van der Waals surface area contributed by atoms with Gasteiger partial charge < -0.3 is 10.6 Å². The van der Waals surface area contributed by atoms with Gasteiger partial charge in [0.15, 0.2) is 0 Å². The maximum absolute atomic E-state index is 12.5. The van der Waals surface area contributed by atoms with E-state index in [1.807, 2.05) is 24.3 Å². The molecule has 2 atom stereocenters. The van der Waals surface area contributed by atoms with Gasteiger partial charge in [0.05, 0.1) is 4.88 Å². The topological polar surface area (TPSA) is 41.1 Å². The number of hydrogen-bond donors (Lipinski definition) is 2. The number of benzene rings is 1. The van der Waals surface area contributed by atoms with Gasteiger partial charge in [-0.2, -0.15) is 0 Å². The van der Waals surface area contributed by atoms with Crippen LogP contribution in [0.3, 0.4) is 0 Å². The van der Waals surface area contributed by atoms with E-state index < -0.39 is 0 Å². The molecule has 0 radical (unpaired) electrons. The Bertz CT molecular complexity index is 700. The van der Waals surface area contributed by atoms with Gasteiger partial charge in [0.25, 0.3) is 5.91 Å². The van der Waals surface area contributed by atoms with Crippen LogP contribution >= 0.6 is 27.3 Å². The SMILES string of the molecule is O=C(NC1CC2CCC(C1)N2)c1ccc(-c2ccc(Br)cc2)s1. The van der Waals surface area contributed by atoms with Crippen molar-refractivity contribution in [3.63, 3.8) is 0 Å². The van der Waals surface area contributed by atoms with Crippen LogP contribution in [0.2, 0.25) is 0 Å². The summed E-state index contributed by atoms with van der Waals surface area (Å²) in [6.45, 7) is 0. The molecule has 2 unspecified atom stereocenters. The summed E-state index contributed by atoms with van der Waals surface area (Å²) in [7, 11) is 0. The number of carbonyl (C=O) groups excluding carboxylic acids is 1. The van der Waals surface area contributed by atoms with Crippen LogP contribution in [-0.2, 0) is 0 Å². The molecule has 2 N–H and O–H groups in total. The molecule has 1 aromatic heterocycles. The zero-order valence-corrected chi connectivity index (χ0v) is 15.1. The highest BCUT2D eigenvalue weighted by molar-refractivity contribution is 9.10. The molecule has 0 spiro atoms. The number of fused-ring (bicyclic) bond motifs is 2. The molecule has 0 aliphatic carbocycles. The molecule has 1 aromatic carbocycles. The van der Waals surface area contributed by atoms with E-state index in [2.05, 4.69) is 38.7 Å². The first-order valence-corrected chi connectivity index (χ1v) is 9.71. The van der Waals surface area contributed by atoms with Crippen molar-refractivity contribution in [3.8, 4) is 10.4 Å². The van der Waals surface area contributed by atoms with E-state index in [1.54, 1.807) is 11.3 Å². The van der Waals surface area contributed by atoms with Crippen molar-refractivity contribution < 1.29 is 4.79 Å². The first-order valence-electron chi connectivity index (χ1n) is 8.10. The summed E-state index contributed by atoms with van der Waals surface area (Å²) in [6.07, 6.45) is 4.63. The minimum atomic E-state index is 0.0738. The standard InChI is InChI=1S/C18H19BrN2OS/c19-12-3-1-11(2-4-12)16-7-8-17(23-16)18(22)21-15-9-13-5-6-14(10-15)20-13/h1-4,7-8,13-15,20H,5-6,9-10H2,(H,21,22). The van der Waals surface area contributed by atoms with Gasteiger partial charge in [-0.05, 0) is 55.5 Å². The van der Waals surface area contributed by atoms with Crippen LogP contribution in [0, 0.1) is 0 Å². The number of nitrogens with one attached hydrogen (secondary N) is 2. The Morgan fingerprint density at radius 1 is 1.09 bits per heavy atom. The lowest BCUT2D eigenvalue weighted by atomic mass is 10.00. The fourth-order valence-electron chi connectivity index (χ4n) is 3.66. The summed E-state index contributed by atoms with van der Waals surface area (Å²) in [6, 6.07) is 13.7. The Labute approximate surface area is 148 Å². The van der Waals surface area contributed by atoms with Crippen LogP contribution in [0.15, 0.2) is 40.9 Å². The molecule has 5 heteroatoms. The number of amides is 1. The zero-order valence-electron chi connectivity index (χ0n) is 12.7. The highest BCUT2D eigenvalue weighted by Crippen LogP contribution is 2.30. The number of hydrogen-bond acceptors (Lipinski definition) is 3. The van der Waals surface area contributed by atoms with Gasteiger partial charge in [-0.25, -0.2) is 0 Å². The summed E-state index contributed by atoms with van der Waals surface area (Å²) in [5.74, 6) is 0.0738. The molecule has 120 valence electrons. The molecule has 2 saturated heterocycles. The molecule has 23 heavy (non-hydrogen) atoms. The van der Waals surface area contributed by atoms with E-state index in [1.165, 1.54) is 12.8 Å². The number of thiophene rings is 1. The Kier molecular flexibility index (Phi) is 4.26. The highest BCUT2D eigenvalue weighted by Gasteiger charge is 2.34. The third kappa shape index (κ3) is 3.37. The Morgan fingerprint density at radius 2 is 1.78 bits per heavy atom. The molecule has 3 nitrogen and oxygen atoms in total. The fourth-order valence-corrected chi connectivity index (χ4v) is 4.84. The van der Waals surface area contributed by atoms with E-state index in [9.17, 15) is 4.79 Å². The van der Waals surface area contributed by atoms with Crippen LogP contribution in [0.5, 0.6) is 0 Å². The van der Waals surface area contributed by atoms with Crippen molar-refractivity contribution in [1.29, 1.82) is 0 Å². The Hall–Kier alpha value is -1.17. The van der Waals surface area contributed by atoms with E-state index >= 15 is 0 Å². The van der Waals surface area contributed by atoms with Gasteiger partial charge in [0.2, 0.25) is 0 Å². The molecule has 4 rings (SSSR count). The summed E-state index contributed by atoms with van der Waals surface area (Å²) in [4.78, 5) is 14.4. The van der Waals surface area contributed by atoms with Crippen LogP contribution in [-0.4, -0.2) is 24.0 Å². The van der Waals surface area contributed by atoms with Gasteiger partial charge in [-0.3, -0.25) is 4.79 Å². The Morgan fingerprint density at radius 3 is 2.48 bits per heavy atom. The molecule has 3 heterocycles. The highest BCUT2D eigenvalue weighted by atomic mass is 79.9. The molecule has 2 aliphatic heterocycles. The average Bonchev–Trinajstić information content (AvgIpc) is 3.15. The third-order valence-electron chi connectivity index (χ3n) is 4.77. The van der Waals surface area contributed by atoms with Crippen molar-refractivity contribution in [2.45, 2.75) is 43.8 Å². The molecule has 2 aliphatic rings. The molecule has 2 bridgehead atoms. The Balaban J connectivity index is 1.44. The number of rotatable bonds is 3. The second-order valence-electron chi connectivity index (χ2n) is 6.45. The molecule has 1 amide bonds. The second kappa shape index (κ2) is 6.38. The van der Waals surface area contributed by atoms with E-state index in [4.69, 9.17) is 0 Å². The predicted molar refractivity (Wildman–Crippen MR) is 97.9 cm³/mol. The van der Waals surface area contributed by atoms with Gasteiger partial charge in [-0.1, -0.05) is 28.1 Å². The van der Waals surface area contributed by atoms with E-state index in [0.717, 1.165) is 32.6 Å². The zero-order chi connectivity index (χ0) is 15.8. The molecule has 0 saturated carbocycles. The smallest absolute Gasteiger partial charge is 0.261 e. The monoisotopic (exact) mass is 390 g/mol. The minimum absolute atomic E-state index is 0.0738. The van der Waals surface area contributed by atoms with Gasteiger partial charge in [0.1, 0.15) is 0 Å². The summed E-state index contributed by atoms with van der Waals surface area (Å²) in [5, 5.41) is 6.84. The van der Waals surface area contributed by atoms with Crippen molar-refractivity contribution in [2.75, 3.05) is 0 Å². The lowest BCUT2D eigenvalue weighted by Crippen LogP contribution is -2.47. The summed E-state index contributed by atoms with van der Waals surface area (Å²) < 4.78 is 1.07. The molecular formula is C18H19BrN2OS. The number of halogens is 1. The van der Waals surface area contributed by atoms with Gasteiger partial charge >= 0.3 is 0 Å². The lowest BCUT2D eigenvalue weighted by Gasteiger charge is -2.29. The van der Waals surface area contributed by atoms with E-state index in [0.29, 0.717) is 18.1 Å². The van der Waals surface area contributed by atoms with Gasteiger partial charge in [-0.15, -0.1) is 11.3 Å². The van der Waals surface area contributed by atoms with Crippen LogP contribution in [0.1, 0.15) is 35.4 Å². The van der Waals surface area contributed by atoms with Crippen molar-refractivity contribution in [3.05, 3.63) is 45.7 Å². The molecule has 2 fully saturated rings. The first kappa shape index (κ1) is 15.4. The van der Waals surface area contributed by atoms with E-state index in [-0.39, 0.29) is 5.91 Å². The first-order chi connectivity index (χ1) is 11.2. The summed E-state index contributed by atoms with van der Waals surface area (Å²) in [5.41, 5.74) is 1.15. The van der Waals surface area contributed by atoms with Crippen molar-refractivity contribution >= 4 is 33.2 Å². The predicted octanol–water partition coefficient (Wildman–Crippen LogP) is 4.19. The number of carbonyl (C=O) groups is 1. The maximum Gasteiger partial charge on any atom is 0.261 e. The fraction of sp³-hybridized carbons (Fsp3) is 0.389. The van der Waals surface area contributed by atoms with Crippen molar-refractivity contribution in [1.82, 2.24) is 10.6 Å². The van der Waals surface area contributed by atoms with Gasteiger partial charge in [0, 0.05) is 27.5 Å². The largest absolute Gasteiger partial charge is 0.348 e. The number of piperidine rings is 1. The van der Waals surface area contributed by atoms with Crippen LogP contribution < -0.4 is 10.6 Å². The van der Waals surface area contributed by atoms with Crippen LogP contribution in [0.25, 0.3) is 10.4 Å². The summed E-state index contributed by atoms with van der Waals surface area (Å²) >= 11 is 5.01. The molecule has 2 aromatic rings. The third-order valence-corrected chi connectivity index (χ3v) is 6.43. The quantitative estimate of drug-likeness (QED) is 0.824. The normalized spacial score (nSPS) is 26.2. The molecular weight excluding hydrogens is 372 g/mol. The minimum Gasteiger partial charge on any atom is -0.348 e. The average molecular weight is 391 g/mol.